The number of alkyl halides is 1. The first-order valence-electron chi connectivity index (χ1n) is 5.57. The van der Waals surface area contributed by atoms with Crippen LogP contribution >= 0.6 is 0 Å². The molecule has 1 aromatic heterocycles. The van der Waals surface area contributed by atoms with Crippen LogP contribution in [0.3, 0.4) is 0 Å². The van der Waals surface area contributed by atoms with Gasteiger partial charge in [-0.1, -0.05) is 19.9 Å². The average Bonchev–Trinajstić information content (AvgIpc) is 2.69. The molecule has 1 saturated heterocycles. The van der Waals surface area contributed by atoms with Crippen LogP contribution in [0.15, 0.2) is 18.3 Å². The number of hydrogen-bond donors (Lipinski definition) is 0. The maximum Gasteiger partial charge on any atom is 0.128 e. The van der Waals surface area contributed by atoms with Crippen molar-refractivity contribution in [2.45, 2.75) is 33.4 Å². The van der Waals surface area contributed by atoms with Crippen LogP contribution in [0.1, 0.15) is 25.8 Å². The maximum absolute atomic E-state index is 12.9. The van der Waals surface area contributed by atoms with E-state index in [4.69, 9.17) is 0 Å². The molecule has 1 aromatic rings. The molecule has 0 amide bonds. The largest absolute Gasteiger partial charge is 0.354 e. The van der Waals surface area contributed by atoms with Gasteiger partial charge in [-0.3, -0.25) is 0 Å². The molecular formula is C12H19FN2. The Hall–Kier alpha value is -1.12. The fraction of sp³-hybridized carbons (Fsp3) is 0.583. The minimum absolute atomic E-state index is 0.496. The van der Waals surface area contributed by atoms with Crippen molar-refractivity contribution in [1.82, 2.24) is 4.98 Å². The highest BCUT2D eigenvalue weighted by atomic mass is 19.1. The van der Waals surface area contributed by atoms with E-state index in [1.54, 1.807) is 0 Å². The van der Waals surface area contributed by atoms with Gasteiger partial charge in [0.15, 0.2) is 0 Å². The van der Waals surface area contributed by atoms with Crippen molar-refractivity contribution in [3.05, 3.63) is 23.9 Å². The molecule has 2 heterocycles. The number of pyridine rings is 1. The third-order valence-electron chi connectivity index (χ3n) is 2.35. The zero-order valence-corrected chi connectivity index (χ0v) is 9.70. The SMILES string of the molecule is CC.Cc1ccc(N2CC[C@@H](F)C2)nc1. The van der Waals surface area contributed by atoms with Crippen molar-refractivity contribution in [2.75, 3.05) is 18.0 Å². The van der Waals surface area contributed by atoms with Crippen molar-refractivity contribution in [3.63, 3.8) is 0 Å². The van der Waals surface area contributed by atoms with Crippen LogP contribution in [0, 0.1) is 6.92 Å². The Morgan fingerprint density at radius 3 is 2.60 bits per heavy atom. The van der Waals surface area contributed by atoms with Crippen LogP contribution < -0.4 is 4.90 Å². The first-order chi connectivity index (χ1) is 7.25. The van der Waals surface area contributed by atoms with E-state index in [9.17, 15) is 4.39 Å². The lowest BCUT2D eigenvalue weighted by atomic mass is 10.3. The quantitative estimate of drug-likeness (QED) is 0.708. The highest BCUT2D eigenvalue weighted by molar-refractivity contribution is 5.40. The van der Waals surface area contributed by atoms with Crippen molar-refractivity contribution in [2.24, 2.45) is 0 Å². The number of rotatable bonds is 1. The minimum atomic E-state index is -0.678. The summed E-state index contributed by atoms with van der Waals surface area (Å²) in [6, 6.07) is 3.96. The number of aromatic nitrogens is 1. The Morgan fingerprint density at radius 1 is 1.40 bits per heavy atom. The molecule has 2 nitrogen and oxygen atoms in total. The topological polar surface area (TPSA) is 16.1 Å². The maximum atomic E-state index is 12.9. The van der Waals surface area contributed by atoms with Gasteiger partial charge in [0.1, 0.15) is 12.0 Å². The molecule has 1 aliphatic rings. The molecule has 0 aromatic carbocycles. The summed E-state index contributed by atoms with van der Waals surface area (Å²) >= 11 is 0. The second-order valence-corrected chi connectivity index (χ2v) is 3.53. The van der Waals surface area contributed by atoms with Crippen LogP contribution in [0.25, 0.3) is 0 Å². The average molecular weight is 210 g/mol. The first-order valence-corrected chi connectivity index (χ1v) is 5.57. The fourth-order valence-corrected chi connectivity index (χ4v) is 1.57. The Labute approximate surface area is 91.1 Å². The molecule has 0 radical (unpaired) electrons. The van der Waals surface area contributed by atoms with E-state index in [1.165, 1.54) is 0 Å². The number of nitrogens with zero attached hydrogens (tertiary/aromatic N) is 2. The summed E-state index contributed by atoms with van der Waals surface area (Å²) < 4.78 is 12.9. The van der Waals surface area contributed by atoms with Gasteiger partial charge >= 0.3 is 0 Å². The summed E-state index contributed by atoms with van der Waals surface area (Å²) in [5, 5.41) is 0. The molecule has 2 rings (SSSR count). The first kappa shape index (κ1) is 12.0. The number of aryl methyl sites for hydroxylation is 1. The van der Waals surface area contributed by atoms with E-state index in [0.717, 1.165) is 17.9 Å². The van der Waals surface area contributed by atoms with E-state index in [-0.39, 0.29) is 0 Å². The molecular weight excluding hydrogens is 191 g/mol. The van der Waals surface area contributed by atoms with Crippen LogP contribution in [0.5, 0.6) is 0 Å². The van der Waals surface area contributed by atoms with E-state index < -0.39 is 6.17 Å². The molecule has 84 valence electrons. The number of hydrogen-bond acceptors (Lipinski definition) is 2. The van der Waals surface area contributed by atoms with Crippen molar-refractivity contribution < 1.29 is 4.39 Å². The van der Waals surface area contributed by atoms with Crippen molar-refractivity contribution in [3.8, 4) is 0 Å². The van der Waals surface area contributed by atoms with Crippen LogP contribution in [0.2, 0.25) is 0 Å². The van der Waals surface area contributed by atoms with Gasteiger partial charge in [0.25, 0.3) is 0 Å². The van der Waals surface area contributed by atoms with Crippen LogP contribution in [0.4, 0.5) is 10.2 Å². The zero-order chi connectivity index (χ0) is 11.3. The van der Waals surface area contributed by atoms with Gasteiger partial charge in [0.2, 0.25) is 0 Å². The lowest BCUT2D eigenvalue weighted by molar-refractivity contribution is 0.364. The minimum Gasteiger partial charge on any atom is -0.354 e. The summed E-state index contributed by atoms with van der Waals surface area (Å²) in [5.41, 5.74) is 1.14. The smallest absolute Gasteiger partial charge is 0.128 e. The van der Waals surface area contributed by atoms with Crippen molar-refractivity contribution >= 4 is 5.82 Å². The third kappa shape index (κ3) is 3.18. The molecule has 1 atom stereocenters. The lowest BCUT2D eigenvalue weighted by Crippen LogP contribution is -2.20. The van der Waals surface area contributed by atoms with E-state index in [0.29, 0.717) is 13.0 Å². The van der Waals surface area contributed by atoms with Gasteiger partial charge in [0, 0.05) is 12.7 Å². The highest BCUT2D eigenvalue weighted by Crippen LogP contribution is 2.19. The molecule has 0 aliphatic carbocycles. The van der Waals surface area contributed by atoms with Crippen LogP contribution in [-0.4, -0.2) is 24.2 Å². The van der Waals surface area contributed by atoms with Gasteiger partial charge in [-0.15, -0.1) is 0 Å². The summed E-state index contributed by atoms with van der Waals surface area (Å²) in [7, 11) is 0. The number of halogens is 1. The zero-order valence-electron chi connectivity index (χ0n) is 9.70. The third-order valence-corrected chi connectivity index (χ3v) is 2.35. The highest BCUT2D eigenvalue weighted by Gasteiger charge is 2.22. The van der Waals surface area contributed by atoms with Gasteiger partial charge in [0.05, 0.1) is 6.54 Å². The Bertz CT molecular complexity index is 284. The summed E-state index contributed by atoms with van der Waals surface area (Å²) in [6.07, 6.45) is 1.78. The predicted octanol–water partition coefficient (Wildman–Crippen LogP) is 2.96. The van der Waals surface area contributed by atoms with E-state index in [1.807, 2.05) is 44.0 Å². The van der Waals surface area contributed by atoms with Gasteiger partial charge < -0.3 is 4.90 Å². The molecule has 15 heavy (non-hydrogen) atoms. The Balaban J connectivity index is 0.000000531. The van der Waals surface area contributed by atoms with E-state index in [2.05, 4.69) is 4.98 Å². The molecule has 3 heteroatoms. The second-order valence-electron chi connectivity index (χ2n) is 3.53. The lowest BCUT2D eigenvalue weighted by Gasteiger charge is -2.15. The van der Waals surface area contributed by atoms with Gasteiger partial charge in [-0.2, -0.15) is 0 Å². The number of anilines is 1. The molecule has 0 spiro atoms. The normalized spacial score (nSPS) is 19.7. The predicted molar refractivity (Wildman–Crippen MR) is 62.0 cm³/mol. The summed E-state index contributed by atoms with van der Waals surface area (Å²) in [5.74, 6) is 0.894. The fourth-order valence-electron chi connectivity index (χ4n) is 1.57. The Morgan fingerprint density at radius 2 is 2.13 bits per heavy atom. The monoisotopic (exact) mass is 210 g/mol. The molecule has 1 aliphatic heterocycles. The molecule has 0 unspecified atom stereocenters. The molecule has 0 N–H and O–H groups in total. The Kier molecular flexibility index (Phi) is 4.53. The van der Waals surface area contributed by atoms with Crippen molar-refractivity contribution in [1.29, 1.82) is 0 Å². The van der Waals surface area contributed by atoms with Crippen LogP contribution in [-0.2, 0) is 0 Å². The summed E-state index contributed by atoms with van der Waals surface area (Å²) in [6.45, 7) is 7.28. The van der Waals surface area contributed by atoms with Gasteiger partial charge in [-0.05, 0) is 25.0 Å². The molecule has 0 bridgehead atoms. The van der Waals surface area contributed by atoms with Gasteiger partial charge in [-0.25, -0.2) is 9.37 Å². The second kappa shape index (κ2) is 5.69. The van der Waals surface area contributed by atoms with E-state index >= 15 is 0 Å². The summed E-state index contributed by atoms with van der Waals surface area (Å²) in [4.78, 5) is 6.24. The molecule has 0 saturated carbocycles. The molecule has 1 fully saturated rings. The standard InChI is InChI=1S/C10H13FN2.C2H6/c1-8-2-3-10(12-6-8)13-5-4-9(11)7-13;1-2/h2-3,6,9H,4-5,7H2,1H3;1-2H3/t9-;/m1./s1.